The summed E-state index contributed by atoms with van der Waals surface area (Å²) in [5.74, 6) is 0. The molecule has 1 N–H and O–H groups in total. The van der Waals surface area contributed by atoms with Gasteiger partial charge < -0.3 is 5.11 Å². The van der Waals surface area contributed by atoms with Crippen molar-refractivity contribution in [3.05, 3.63) is 50.7 Å². The molecule has 2 rings (SSSR count). The summed E-state index contributed by atoms with van der Waals surface area (Å²) >= 11 is 9.81. The molecular weight excluding hydrogens is 340 g/mol. The van der Waals surface area contributed by atoms with Crippen molar-refractivity contribution < 1.29 is 5.11 Å². The molecular formula is C15H18BrClN2O. The van der Waals surface area contributed by atoms with E-state index in [0.717, 1.165) is 28.0 Å². The van der Waals surface area contributed by atoms with E-state index in [-0.39, 0.29) is 0 Å². The average Bonchev–Trinajstić information content (AvgIpc) is 2.66. The highest BCUT2D eigenvalue weighted by Gasteiger charge is 2.29. The first-order valence-corrected chi connectivity index (χ1v) is 7.73. The Morgan fingerprint density at radius 2 is 2.05 bits per heavy atom. The lowest BCUT2D eigenvalue weighted by Gasteiger charge is -2.25. The fourth-order valence-electron chi connectivity index (χ4n) is 2.36. The van der Waals surface area contributed by atoms with Gasteiger partial charge in [-0.15, -0.1) is 0 Å². The Hall–Kier alpha value is -0.840. The van der Waals surface area contributed by atoms with Crippen molar-refractivity contribution in [1.82, 2.24) is 9.78 Å². The number of aryl methyl sites for hydroxylation is 2. The summed E-state index contributed by atoms with van der Waals surface area (Å²) in [6, 6.07) is 7.68. The lowest BCUT2D eigenvalue weighted by molar-refractivity contribution is 0.0547. The SMILES string of the molecule is CCn1nc(C)c(Cl)c1CC(C)(O)c1ccccc1Br. The van der Waals surface area contributed by atoms with E-state index in [4.69, 9.17) is 11.6 Å². The van der Waals surface area contributed by atoms with Gasteiger partial charge in [-0.3, -0.25) is 4.68 Å². The fraction of sp³-hybridized carbons (Fsp3) is 0.400. The van der Waals surface area contributed by atoms with Crippen molar-refractivity contribution in [3.63, 3.8) is 0 Å². The predicted octanol–water partition coefficient (Wildman–Crippen LogP) is 4.08. The van der Waals surface area contributed by atoms with Crippen LogP contribution in [0.2, 0.25) is 5.02 Å². The van der Waals surface area contributed by atoms with E-state index >= 15 is 0 Å². The van der Waals surface area contributed by atoms with Gasteiger partial charge in [-0.2, -0.15) is 5.10 Å². The number of aliphatic hydroxyl groups is 1. The fourth-order valence-corrected chi connectivity index (χ4v) is 3.27. The first-order valence-electron chi connectivity index (χ1n) is 6.56. The number of nitrogens with zero attached hydrogens (tertiary/aromatic N) is 2. The van der Waals surface area contributed by atoms with Gasteiger partial charge in [-0.05, 0) is 32.4 Å². The van der Waals surface area contributed by atoms with Crippen molar-refractivity contribution in [3.8, 4) is 0 Å². The second-order valence-corrected chi connectivity index (χ2v) is 6.32. The van der Waals surface area contributed by atoms with E-state index in [1.807, 2.05) is 42.8 Å². The van der Waals surface area contributed by atoms with Crippen LogP contribution in [0.3, 0.4) is 0 Å². The average molecular weight is 358 g/mol. The molecule has 1 atom stereocenters. The summed E-state index contributed by atoms with van der Waals surface area (Å²) in [7, 11) is 0. The van der Waals surface area contributed by atoms with Gasteiger partial charge in [0.1, 0.15) is 0 Å². The van der Waals surface area contributed by atoms with Crippen LogP contribution in [0.5, 0.6) is 0 Å². The molecule has 1 heterocycles. The highest BCUT2D eigenvalue weighted by molar-refractivity contribution is 9.10. The maximum atomic E-state index is 10.8. The van der Waals surface area contributed by atoms with Gasteiger partial charge in [0, 0.05) is 17.4 Å². The summed E-state index contributed by atoms with van der Waals surface area (Å²) in [4.78, 5) is 0. The molecule has 0 aliphatic rings. The Kier molecular flexibility index (Phi) is 4.57. The number of halogens is 2. The van der Waals surface area contributed by atoms with Crippen LogP contribution in [0.4, 0.5) is 0 Å². The summed E-state index contributed by atoms with van der Waals surface area (Å²) in [6.45, 7) is 6.42. The first kappa shape index (κ1) is 15.5. The number of benzene rings is 1. The van der Waals surface area contributed by atoms with Crippen LogP contribution in [0, 0.1) is 6.92 Å². The smallest absolute Gasteiger partial charge is 0.0935 e. The molecule has 1 aromatic carbocycles. The molecule has 0 amide bonds. The zero-order valence-electron chi connectivity index (χ0n) is 11.8. The summed E-state index contributed by atoms with van der Waals surface area (Å²) in [5.41, 5.74) is 1.50. The standard InChI is InChI=1S/C15H18BrClN2O/c1-4-19-13(14(17)10(2)18-19)9-15(3,20)11-7-5-6-8-12(11)16/h5-8,20H,4,9H2,1-3H3. The predicted molar refractivity (Wildman–Crippen MR) is 85.1 cm³/mol. The molecule has 0 saturated heterocycles. The van der Waals surface area contributed by atoms with E-state index in [1.165, 1.54) is 0 Å². The molecule has 0 spiro atoms. The van der Waals surface area contributed by atoms with E-state index in [9.17, 15) is 5.11 Å². The number of aromatic nitrogens is 2. The molecule has 0 aliphatic carbocycles. The Labute approximate surface area is 132 Å². The second kappa shape index (κ2) is 5.88. The molecule has 0 bridgehead atoms. The molecule has 3 nitrogen and oxygen atoms in total. The van der Waals surface area contributed by atoms with Gasteiger partial charge in [0.2, 0.25) is 0 Å². The molecule has 20 heavy (non-hydrogen) atoms. The van der Waals surface area contributed by atoms with Crippen molar-refractivity contribution in [1.29, 1.82) is 0 Å². The Morgan fingerprint density at radius 1 is 1.40 bits per heavy atom. The lowest BCUT2D eigenvalue weighted by atomic mass is 9.91. The third kappa shape index (κ3) is 2.92. The minimum absolute atomic E-state index is 0.420. The third-order valence-electron chi connectivity index (χ3n) is 3.42. The van der Waals surface area contributed by atoms with E-state index in [0.29, 0.717) is 11.4 Å². The summed E-state index contributed by atoms with van der Waals surface area (Å²) in [5, 5.41) is 15.9. The van der Waals surface area contributed by atoms with Crippen molar-refractivity contribution in [2.45, 2.75) is 39.3 Å². The highest BCUT2D eigenvalue weighted by Crippen LogP contribution is 2.33. The van der Waals surface area contributed by atoms with Crippen LogP contribution in [0.15, 0.2) is 28.7 Å². The minimum Gasteiger partial charge on any atom is -0.385 e. The van der Waals surface area contributed by atoms with E-state index < -0.39 is 5.60 Å². The van der Waals surface area contributed by atoms with Crippen LogP contribution < -0.4 is 0 Å². The van der Waals surface area contributed by atoms with Crippen molar-refractivity contribution in [2.24, 2.45) is 0 Å². The van der Waals surface area contributed by atoms with Gasteiger partial charge in [0.15, 0.2) is 0 Å². The Bertz CT molecular complexity index is 622. The van der Waals surface area contributed by atoms with Crippen LogP contribution in [-0.2, 0) is 18.6 Å². The molecule has 0 aliphatic heterocycles. The van der Waals surface area contributed by atoms with Crippen LogP contribution >= 0.6 is 27.5 Å². The van der Waals surface area contributed by atoms with Crippen molar-refractivity contribution in [2.75, 3.05) is 0 Å². The largest absolute Gasteiger partial charge is 0.385 e. The quantitative estimate of drug-likeness (QED) is 0.895. The second-order valence-electron chi connectivity index (χ2n) is 5.09. The maximum absolute atomic E-state index is 10.8. The molecule has 1 aromatic heterocycles. The summed E-state index contributed by atoms with van der Waals surface area (Å²) < 4.78 is 2.74. The molecule has 108 valence electrons. The molecule has 1 unspecified atom stereocenters. The van der Waals surface area contributed by atoms with Gasteiger partial charge >= 0.3 is 0 Å². The lowest BCUT2D eigenvalue weighted by Crippen LogP contribution is -2.26. The van der Waals surface area contributed by atoms with Gasteiger partial charge in [0.25, 0.3) is 0 Å². The molecule has 0 radical (unpaired) electrons. The maximum Gasteiger partial charge on any atom is 0.0935 e. The first-order chi connectivity index (χ1) is 9.36. The van der Waals surface area contributed by atoms with Crippen LogP contribution in [0.1, 0.15) is 30.8 Å². The Morgan fingerprint density at radius 3 is 2.65 bits per heavy atom. The molecule has 5 heteroatoms. The highest BCUT2D eigenvalue weighted by atomic mass is 79.9. The number of hydrogen-bond acceptors (Lipinski definition) is 2. The van der Waals surface area contributed by atoms with Gasteiger partial charge in [0.05, 0.1) is 22.0 Å². The topological polar surface area (TPSA) is 38.0 Å². The molecule has 0 fully saturated rings. The number of hydrogen-bond donors (Lipinski definition) is 1. The monoisotopic (exact) mass is 356 g/mol. The van der Waals surface area contributed by atoms with Crippen LogP contribution in [-0.4, -0.2) is 14.9 Å². The number of rotatable bonds is 4. The zero-order chi connectivity index (χ0) is 14.9. The van der Waals surface area contributed by atoms with Gasteiger partial charge in [-0.25, -0.2) is 0 Å². The van der Waals surface area contributed by atoms with E-state index in [2.05, 4.69) is 21.0 Å². The minimum atomic E-state index is -1.01. The Balaban J connectivity index is 2.41. The third-order valence-corrected chi connectivity index (χ3v) is 4.60. The van der Waals surface area contributed by atoms with Gasteiger partial charge in [-0.1, -0.05) is 45.7 Å². The zero-order valence-corrected chi connectivity index (χ0v) is 14.2. The molecule has 2 aromatic rings. The normalized spacial score (nSPS) is 14.3. The van der Waals surface area contributed by atoms with E-state index in [1.54, 1.807) is 6.92 Å². The molecule has 0 saturated carbocycles. The van der Waals surface area contributed by atoms with Crippen molar-refractivity contribution >= 4 is 27.5 Å². The van der Waals surface area contributed by atoms with Crippen LogP contribution in [0.25, 0.3) is 0 Å². The summed E-state index contributed by atoms with van der Waals surface area (Å²) in [6.07, 6.45) is 0.420.